The Morgan fingerprint density at radius 2 is 1.57 bits per heavy atom. The number of benzene rings is 1. The lowest BCUT2D eigenvalue weighted by Crippen LogP contribution is -2.17. The Morgan fingerprint density at radius 3 is 2.13 bits per heavy atom. The molecular weight excluding hydrogens is 292 g/mol. The normalized spacial score (nSPS) is 11.8. The molecule has 1 atom stereocenters. The molecule has 0 fully saturated rings. The van der Waals surface area contributed by atoms with Crippen LogP contribution in [0.15, 0.2) is 24.3 Å². The second-order valence-corrected chi connectivity index (χ2v) is 5.88. The summed E-state index contributed by atoms with van der Waals surface area (Å²) in [5.74, 6) is -0.610. The molecule has 0 saturated heterocycles. The highest BCUT2D eigenvalue weighted by Crippen LogP contribution is 2.14. The van der Waals surface area contributed by atoms with Gasteiger partial charge in [-0.15, -0.1) is 0 Å². The second-order valence-electron chi connectivity index (χ2n) is 5.88. The SMILES string of the molecule is CCCCCOC(=O)c1ccccc1C(=O)OCC(C)CCC. The number of ether oxygens (including phenoxy) is 2. The molecule has 0 bridgehead atoms. The van der Waals surface area contributed by atoms with Gasteiger partial charge in [0.25, 0.3) is 0 Å². The van der Waals surface area contributed by atoms with E-state index >= 15 is 0 Å². The summed E-state index contributed by atoms with van der Waals surface area (Å²) in [6.45, 7) is 6.98. The summed E-state index contributed by atoms with van der Waals surface area (Å²) in [7, 11) is 0. The van der Waals surface area contributed by atoms with Crippen molar-refractivity contribution in [3.05, 3.63) is 35.4 Å². The van der Waals surface area contributed by atoms with Crippen LogP contribution >= 0.6 is 0 Å². The van der Waals surface area contributed by atoms with Crippen LogP contribution in [0, 0.1) is 5.92 Å². The molecule has 0 aliphatic rings. The molecule has 0 aliphatic heterocycles. The van der Waals surface area contributed by atoms with Crippen LogP contribution in [0.4, 0.5) is 0 Å². The maximum atomic E-state index is 12.2. The predicted molar refractivity (Wildman–Crippen MR) is 90.6 cm³/mol. The van der Waals surface area contributed by atoms with E-state index in [9.17, 15) is 9.59 Å². The maximum absolute atomic E-state index is 12.2. The van der Waals surface area contributed by atoms with Crippen LogP contribution < -0.4 is 0 Å². The van der Waals surface area contributed by atoms with Gasteiger partial charge in [-0.2, -0.15) is 0 Å². The number of hydrogen-bond donors (Lipinski definition) is 0. The molecular formula is C19H28O4. The van der Waals surface area contributed by atoms with Crippen molar-refractivity contribution in [1.82, 2.24) is 0 Å². The van der Waals surface area contributed by atoms with E-state index in [1.165, 1.54) is 0 Å². The fourth-order valence-corrected chi connectivity index (χ4v) is 2.31. The average Bonchev–Trinajstić information content (AvgIpc) is 2.56. The molecule has 23 heavy (non-hydrogen) atoms. The Balaban J connectivity index is 2.65. The van der Waals surface area contributed by atoms with Crippen molar-refractivity contribution in [1.29, 1.82) is 0 Å². The Bertz CT molecular complexity index is 496. The number of unbranched alkanes of at least 4 members (excludes halogenated alkanes) is 2. The summed E-state index contributed by atoms with van der Waals surface area (Å²) >= 11 is 0. The minimum absolute atomic E-state index is 0.275. The molecule has 0 amide bonds. The van der Waals surface area contributed by atoms with Crippen molar-refractivity contribution in [2.75, 3.05) is 13.2 Å². The van der Waals surface area contributed by atoms with E-state index in [1.807, 2.05) is 6.92 Å². The van der Waals surface area contributed by atoms with Gasteiger partial charge in [-0.25, -0.2) is 9.59 Å². The van der Waals surface area contributed by atoms with Gasteiger partial charge in [0.2, 0.25) is 0 Å². The summed E-state index contributed by atoms with van der Waals surface area (Å²) < 4.78 is 10.6. The van der Waals surface area contributed by atoms with Crippen LogP contribution in [0.25, 0.3) is 0 Å². The van der Waals surface area contributed by atoms with Gasteiger partial charge in [0.1, 0.15) is 0 Å². The third kappa shape index (κ3) is 6.85. The first-order valence-corrected chi connectivity index (χ1v) is 8.53. The maximum Gasteiger partial charge on any atom is 0.339 e. The third-order valence-corrected chi connectivity index (χ3v) is 3.63. The van der Waals surface area contributed by atoms with Crippen molar-refractivity contribution in [2.45, 2.75) is 52.9 Å². The predicted octanol–water partition coefficient (Wildman–Crippen LogP) is 4.63. The highest BCUT2D eigenvalue weighted by Gasteiger charge is 2.19. The molecule has 0 aliphatic carbocycles. The molecule has 0 aromatic heterocycles. The first-order valence-electron chi connectivity index (χ1n) is 8.53. The van der Waals surface area contributed by atoms with Crippen LogP contribution in [-0.2, 0) is 9.47 Å². The summed E-state index contributed by atoms with van der Waals surface area (Å²) in [6.07, 6.45) is 4.99. The fourth-order valence-electron chi connectivity index (χ4n) is 2.31. The molecule has 0 saturated carbocycles. The van der Waals surface area contributed by atoms with E-state index in [4.69, 9.17) is 9.47 Å². The number of hydrogen-bond acceptors (Lipinski definition) is 4. The zero-order valence-electron chi connectivity index (χ0n) is 14.5. The molecule has 0 radical (unpaired) electrons. The van der Waals surface area contributed by atoms with E-state index in [2.05, 4.69) is 13.8 Å². The summed E-state index contributed by atoms with van der Waals surface area (Å²) in [4.78, 5) is 24.4. The van der Waals surface area contributed by atoms with Crippen molar-refractivity contribution in [3.8, 4) is 0 Å². The van der Waals surface area contributed by atoms with Crippen LogP contribution in [0.3, 0.4) is 0 Å². The monoisotopic (exact) mass is 320 g/mol. The molecule has 4 nitrogen and oxygen atoms in total. The van der Waals surface area contributed by atoms with Crippen molar-refractivity contribution < 1.29 is 19.1 Å². The lowest BCUT2D eigenvalue weighted by Gasteiger charge is -2.12. The van der Waals surface area contributed by atoms with Gasteiger partial charge < -0.3 is 9.47 Å². The van der Waals surface area contributed by atoms with E-state index in [1.54, 1.807) is 24.3 Å². The van der Waals surface area contributed by atoms with E-state index < -0.39 is 11.9 Å². The minimum atomic E-state index is -0.464. The number of carbonyl (C=O) groups is 2. The van der Waals surface area contributed by atoms with Gasteiger partial charge in [-0.1, -0.05) is 52.2 Å². The van der Waals surface area contributed by atoms with E-state index in [0.29, 0.717) is 19.1 Å². The van der Waals surface area contributed by atoms with Gasteiger partial charge in [-0.05, 0) is 30.9 Å². The largest absolute Gasteiger partial charge is 0.462 e. The molecule has 128 valence electrons. The van der Waals surface area contributed by atoms with Gasteiger partial charge in [0, 0.05) is 0 Å². The van der Waals surface area contributed by atoms with E-state index in [-0.39, 0.29) is 11.1 Å². The van der Waals surface area contributed by atoms with Crippen molar-refractivity contribution in [2.24, 2.45) is 5.92 Å². The molecule has 4 heteroatoms. The topological polar surface area (TPSA) is 52.6 Å². The smallest absolute Gasteiger partial charge is 0.339 e. The zero-order chi connectivity index (χ0) is 17.1. The molecule has 0 spiro atoms. The third-order valence-electron chi connectivity index (χ3n) is 3.63. The first kappa shape index (κ1) is 19.2. The lowest BCUT2D eigenvalue weighted by atomic mass is 10.1. The van der Waals surface area contributed by atoms with E-state index in [0.717, 1.165) is 32.1 Å². The van der Waals surface area contributed by atoms with Gasteiger partial charge in [0.05, 0.1) is 24.3 Å². The molecule has 1 rings (SSSR count). The van der Waals surface area contributed by atoms with Crippen molar-refractivity contribution in [3.63, 3.8) is 0 Å². The van der Waals surface area contributed by atoms with Gasteiger partial charge in [0.15, 0.2) is 0 Å². The molecule has 1 aromatic rings. The Morgan fingerprint density at radius 1 is 0.957 bits per heavy atom. The second kappa shape index (κ2) is 10.8. The molecule has 0 N–H and O–H groups in total. The summed E-state index contributed by atoms with van der Waals surface area (Å²) in [5.41, 5.74) is 0.550. The lowest BCUT2D eigenvalue weighted by molar-refractivity contribution is 0.0416. The van der Waals surface area contributed by atoms with Crippen LogP contribution in [0.2, 0.25) is 0 Å². The average molecular weight is 320 g/mol. The first-order chi connectivity index (χ1) is 11.1. The molecule has 1 aromatic carbocycles. The Kier molecular flexibility index (Phi) is 9.03. The van der Waals surface area contributed by atoms with Crippen LogP contribution in [0.1, 0.15) is 73.6 Å². The fraction of sp³-hybridized carbons (Fsp3) is 0.579. The Labute approximate surface area is 139 Å². The zero-order valence-corrected chi connectivity index (χ0v) is 14.5. The van der Waals surface area contributed by atoms with Gasteiger partial charge in [-0.3, -0.25) is 0 Å². The molecule has 1 unspecified atom stereocenters. The highest BCUT2D eigenvalue weighted by molar-refractivity contribution is 6.03. The number of esters is 2. The Hall–Kier alpha value is -1.84. The van der Waals surface area contributed by atoms with Crippen LogP contribution in [-0.4, -0.2) is 25.2 Å². The highest BCUT2D eigenvalue weighted by atomic mass is 16.5. The molecule has 0 heterocycles. The summed E-state index contributed by atoms with van der Waals surface area (Å²) in [6, 6.07) is 6.66. The standard InChI is InChI=1S/C19H28O4/c1-4-6-9-13-22-18(20)16-11-7-8-12-17(16)19(21)23-14-15(3)10-5-2/h7-8,11-12,15H,4-6,9-10,13-14H2,1-3H3. The van der Waals surface area contributed by atoms with Gasteiger partial charge >= 0.3 is 11.9 Å². The minimum Gasteiger partial charge on any atom is -0.462 e. The number of rotatable bonds is 10. The number of carbonyl (C=O) groups excluding carboxylic acids is 2. The van der Waals surface area contributed by atoms with Crippen LogP contribution in [0.5, 0.6) is 0 Å². The summed E-state index contributed by atoms with van der Waals surface area (Å²) in [5, 5.41) is 0. The quantitative estimate of drug-likeness (QED) is 0.466. The van der Waals surface area contributed by atoms with Crippen molar-refractivity contribution >= 4 is 11.9 Å².